The highest BCUT2D eigenvalue weighted by atomic mass is 16.5. The van der Waals surface area contributed by atoms with E-state index >= 15 is 0 Å². The van der Waals surface area contributed by atoms with Crippen molar-refractivity contribution in [3.63, 3.8) is 0 Å². The second kappa shape index (κ2) is 18.3. The highest BCUT2D eigenvalue weighted by molar-refractivity contribution is 5.97. The van der Waals surface area contributed by atoms with Crippen molar-refractivity contribution in [2.75, 3.05) is 26.3 Å². The minimum Gasteiger partial charge on any atom is -0.493 e. The Kier molecular flexibility index (Phi) is 14.8. The molecule has 0 spiro atoms. The first kappa shape index (κ1) is 29.2. The summed E-state index contributed by atoms with van der Waals surface area (Å²) in [6, 6.07) is 14.9. The fourth-order valence-corrected chi connectivity index (χ4v) is 3.76. The quantitative estimate of drug-likeness (QED) is 0.216. The summed E-state index contributed by atoms with van der Waals surface area (Å²) in [5, 5.41) is 6.03. The number of benzene rings is 2. The van der Waals surface area contributed by atoms with E-state index in [1.807, 2.05) is 48.5 Å². The molecule has 0 fully saturated rings. The van der Waals surface area contributed by atoms with Gasteiger partial charge in [-0.25, -0.2) is 0 Å². The number of ether oxygens (including phenoxy) is 2. The normalized spacial score (nSPS) is 10.6. The van der Waals surface area contributed by atoms with Gasteiger partial charge in [0.1, 0.15) is 11.5 Å². The Morgan fingerprint density at radius 3 is 1.39 bits per heavy atom. The molecule has 0 aliphatic carbocycles. The first-order valence-corrected chi connectivity index (χ1v) is 13.7. The van der Waals surface area contributed by atoms with Gasteiger partial charge >= 0.3 is 0 Å². The molecule has 0 unspecified atom stereocenters. The summed E-state index contributed by atoms with van der Waals surface area (Å²) in [7, 11) is 0. The Morgan fingerprint density at radius 2 is 0.972 bits per heavy atom. The fourth-order valence-electron chi connectivity index (χ4n) is 3.76. The minimum absolute atomic E-state index is 0.0739. The van der Waals surface area contributed by atoms with Crippen LogP contribution in [0.1, 0.15) is 98.8 Å². The van der Waals surface area contributed by atoms with E-state index in [0.29, 0.717) is 48.9 Å². The average molecular weight is 497 g/mol. The van der Waals surface area contributed by atoms with Crippen molar-refractivity contribution in [3.05, 3.63) is 59.7 Å². The third kappa shape index (κ3) is 11.1. The highest BCUT2D eigenvalue weighted by Crippen LogP contribution is 2.19. The first-order valence-electron chi connectivity index (χ1n) is 13.7. The van der Waals surface area contributed by atoms with Crippen molar-refractivity contribution < 1.29 is 19.1 Å². The molecule has 6 heteroatoms. The second-order valence-corrected chi connectivity index (χ2v) is 9.03. The van der Waals surface area contributed by atoms with Crippen molar-refractivity contribution in [2.45, 2.75) is 78.1 Å². The molecule has 36 heavy (non-hydrogen) atoms. The SMILES string of the molecule is CCCCOc1ccccc1C(=O)NCCCCCCCCNC(=O)c1ccccc1OCCCC. The Morgan fingerprint density at radius 1 is 0.583 bits per heavy atom. The molecule has 2 amide bonds. The lowest BCUT2D eigenvalue weighted by Crippen LogP contribution is -2.25. The van der Waals surface area contributed by atoms with Crippen molar-refractivity contribution in [1.82, 2.24) is 10.6 Å². The molecule has 0 saturated carbocycles. The molecule has 2 aromatic rings. The zero-order valence-electron chi connectivity index (χ0n) is 22.2. The number of rotatable bonds is 19. The Balaban J connectivity index is 1.54. The lowest BCUT2D eigenvalue weighted by Gasteiger charge is -2.12. The first-order chi connectivity index (χ1) is 17.7. The van der Waals surface area contributed by atoms with Crippen LogP contribution in [-0.4, -0.2) is 38.1 Å². The third-order valence-electron chi connectivity index (χ3n) is 5.95. The molecule has 0 saturated heterocycles. The molecular weight excluding hydrogens is 452 g/mol. The number of hydrogen-bond donors (Lipinski definition) is 2. The zero-order valence-corrected chi connectivity index (χ0v) is 22.2. The molecule has 0 heterocycles. The second-order valence-electron chi connectivity index (χ2n) is 9.03. The van der Waals surface area contributed by atoms with E-state index in [2.05, 4.69) is 24.5 Å². The van der Waals surface area contributed by atoms with Crippen LogP contribution in [0.3, 0.4) is 0 Å². The predicted molar refractivity (Wildman–Crippen MR) is 146 cm³/mol. The van der Waals surface area contributed by atoms with Gasteiger partial charge in [0.05, 0.1) is 24.3 Å². The van der Waals surface area contributed by atoms with E-state index in [1.165, 1.54) is 0 Å². The van der Waals surface area contributed by atoms with Crippen LogP contribution in [0.15, 0.2) is 48.5 Å². The van der Waals surface area contributed by atoms with Crippen molar-refractivity contribution >= 4 is 11.8 Å². The summed E-state index contributed by atoms with van der Waals surface area (Å²) in [5.74, 6) is 1.16. The van der Waals surface area contributed by atoms with Gasteiger partial charge in [-0.3, -0.25) is 9.59 Å². The van der Waals surface area contributed by atoms with E-state index in [1.54, 1.807) is 0 Å². The molecule has 2 aromatic carbocycles. The predicted octanol–water partition coefficient (Wildman–Crippen LogP) is 6.54. The van der Waals surface area contributed by atoms with Crippen LogP contribution in [-0.2, 0) is 0 Å². The number of carbonyl (C=O) groups is 2. The van der Waals surface area contributed by atoms with Gasteiger partial charge in [0.15, 0.2) is 0 Å². The zero-order chi connectivity index (χ0) is 25.8. The Bertz CT molecular complexity index is 827. The number of carbonyl (C=O) groups excluding carboxylic acids is 2. The molecular formula is C30H44N2O4. The lowest BCUT2D eigenvalue weighted by molar-refractivity contribution is 0.0939. The summed E-state index contributed by atoms with van der Waals surface area (Å²) >= 11 is 0. The highest BCUT2D eigenvalue weighted by Gasteiger charge is 2.12. The van der Waals surface area contributed by atoms with Crippen LogP contribution in [0.2, 0.25) is 0 Å². The topological polar surface area (TPSA) is 76.7 Å². The average Bonchev–Trinajstić information content (AvgIpc) is 2.90. The number of hydrogen-bond acceptors (Lipinski definition) is 4. The smallest absolute Gasteiger partial charge is 0.255 e. The lowest BCUT2D eigenvalue weighted by atomic mass is 10.1. The van der Waals surface area contributed by atoms with E-state index in [4.69, 9.17) is 9.47 Å². The summed E-state index contributed by atoms with van der Waals surface area (Å²) < 4.78 is 11.5. The largest absolute Gasteiger partial charge is 0.493 e. The molecule has 0 atom stereocenters. The standard InChI is InChI=1S/C30H44N2O4/c1-3-5-23-35-27-19-13-11-17-25(27)29(33)31-21-15-9-7-8-10-16-22-32-30(34)26-18-12-14-20-28(26)36-24-6-4-2/h11-14,17-20H,3-10,15-16,21-24H2,1-2H3,(H,31,33)(H,32,34). The third-order valence-corrected chi connectivity index (χ3v) is 5.95. The summed E-state index contributed by atoms with van der Waals surface area (Å²) in [6.07, 6.45) is 10.4. The number of unbranched alkanes of at least 4 members (excludes halogenated alkanes) is 7. The van der Waals surface area contributed by atoms with Gasteiger partial charge in [0.25, 0.3) is 11.8 Å². The van der Waals surface area contributed by atoms with Gasteiger partial charge in [0, 0.05) is 13.1 Å². The molecule has 198 valence electrons. The van der Waals surface area contributed by atoms with Crippen LogP contribution in [0.5, 0.6) is 11.5 Å². The van der Waals surface area contributed by atoms with Gasteiger partial charge in [-0.2, -0.15) is 0 Å². The monoisotopic (exact) mass is 496 g/mol. The minimum atomic E-state index is -0.0739. The van der Waals surface area contributed by atoms with Gasteiger partial charge in [-0.1, -0.05) is 76.6 Å². The number of para-hydroxylation sites is 2. The Labute approximate surface area is 217 Å². The van der Waals surface area contributed by atoms with Gasteiger partial charge in [0.2, 0.25) is 0 Å². The fraction of sp³-hybridized carbons (Fsp3) is 0.533. The molecule has 2 N–H and O–H groups in total. The van der Waals surface area contributed by atoms with Crippen LogP contribution < -0.4 is 20.1 Å². The number of amides is 2. The molecule has 2 rings (SSSR count). The van der Waals surface area contributed by atoms with Crippen LogP contribution in [0, 0.1) is 0 Å². The molecule has 0 aromatic heterocycles. The molecule has 6 nitrogen and oxygen atoms in total. The van der Waals surface area contributed by atoms with Crippen LogP contribution >= 0.6 is 0 Å². The van der Waals surface area contributed by atoms with Crippen molar-refractivity contribution in [1.29, 1.82) is 0 Å². The summed E-state index contributed by atoms with van der Waals surface area (Å²) in [4.78, 5) is 25.0. The maximum absolute atomic E-state index is 12.5. The van der Waals surface area contributed by atoms with E-state index < -0.39 is 0 Å². The molecule has 0 aliphatic rings. The van der Waals surface area contributed by atoms with Gasteiger partial charge in [-0.15, -0.1) is 0 Å². The maximum Gasteiger partial charge on any atom is 0.255 e. The maximum atomic E-state index is 12.5. The van der Waals surface area contributed by atoms with E-state index in [0.717, 1.165) is 64.2 Å². The molecule has 0 bridgehead atoms. The van der Waals surface area contributed by atoms with Gasteiger partial charge in [-0.05, 0) is 49.9 Å². The molecule has 0 aliphatic heterocycles. The van der Waals surface area contributed by atoms with Crippen molar-refractivity contribution in [2.24, 2.45) is 0 Å². The van der Waals surface area contributed by atoms with Crippen molar-refractivity contribution in [3.8, 4) is 11.5 Å². The van der Waals surface area contributed by atoms with E-state index in [9.17, 15) is 9.59 Å². The summed E-state index contributed by atoms with van der Waals surface area (Å²) in [6.45, 7) is 6.82. The van der Waals surface area contributed by atoms with Crippen LogP contribution in [0.4, 0.5) is 0 Å². The van der Waals surface area contributed by atoms with Gasteiger partial charge < -0.3 is 20.1 Å². The van der Waals surface area contributed by atoms with Crippen LogP contribution in [0.25, 0.3) is 0 Å². The van der Waals surface area contributed by atoms with E-state index in [-0.39, 0.29) is 11.8 Å². The number of nitrogens with one attached hydrogen (secondary N) is 2. The molecule has 0 radical (unpaired) electrons. The summed E-state index contributed by atoms with van der Waals surface area (Å²) in [5.41, 5.74) is 1.21. The Hall–Kier alpha value is -3.02.